The van der Waals surface area contributed by atoms with Gasteiger partial charge < -0.3 is 5.73 Å². The van der Waals surface area contributed by atoms with Crippen molar-refractivity contribution in [3.63, 3.8) is 0 Å². The van der Waals surface area contributed by atoms with Gasteiger partial charge in [-0.1, -0.05) is 19.9 Å². The van der Waals surface area contributed by atoms with Crippen LogP contribution < -0.4 is 5.73 Å². The third kappa shape index (κ3) is 5.77. The van der Waals surface area contributed by atoms with Crippen molar-refractivity contribution in [2.75, 3.05) is 6.61 Å². The summed E-state index contributed by atoms with van der Waals surface area (Å²) in [5, 5.41) is 0. The number of primary amides is 1. The molecule has 0 fully saturated rings. The number of nitrogens with two attached hydrogens (primary N) is 1. The molecule has 14 heavy (non-hydrogen) atoms. The van der Waals surface area contributed by atoms with Crippen LogP contribution in [0.1, 0.15) is 19.8 Å². The maximum absolute atomic E-state index is 11.0. The molecule has 0 saturated carbocycles. The molecule has 0 bridgehead atoms. The van der Waals surface area contributed by atoms with Gasteiger partial charge in [0, 0.05) is 0 Å². The topological polar surface area (TPSA) is 86.5 Å². The van der Waals surface area contributed by atoms with E-state index < -0.39 is 20.9 Å². The maximum atomic E-state index is 11.0. The molecule has 0 aliphatic carbocycles. The first-order valence-electron chi connectivity index (χ1n) is 3.80. The molecule has 0 aliphatic rings. The predicted octanol–water partition coefficient (Wildman–Crippen LogP) is -0.517. The van der Waals surface area contributed by atoms with Crippen molar-refractivity contribution >= 4 is 45.6 Å². The van der Waals surface area contributed by atoms with Gasteiger partial charge >= 0.3 is 39.7 Å². The predicted molar refractivity (Wildman–Crippen MR) is 55.3 cm³/mol. The van der Waals surface area contributed by atoms with Crippen LogP contribution in [-0.4, -0.2) is 50.5 Å². The average molecular weight is 231 g/mol. The third-order valence-corrected chi connectivity index (χ3v) is 2.59. The number of hydrogen-bond donors (Lipinski definition) is 1. The second-order valence-corrected chi connectivity index (χ2v) is 4.05. The Hall–Kier alpha value is 0.120. The SMILES string of the molecule is C=C(C(N)=O)S(=O)(=O)OCCCC.[NaH]. The van der Waals surface area contributed by atoms with Crippen LogP contribution in [0.5, 0.6) is 0 Å². The van der Waals surface area contributed by atoms with E-state index in [1.165, 1.54) is 0 Å². The molecule has 0 aliphatic heterocycles. The Morgan fingerprint density at radius 1 is 1.50 bits per heavy atom. The van der Waals surface area contributed by atoms with Crippen LogP contribution in [0.2, 0.25) is 0 Å². The molecular weight excluding hydrogens is 217 g/mol. The molecule has 7 heteroatoms. The van der Waals surface area contributed by atoms with Gasteiger partial charge in [-0.3, -0.25) is 8.98 Å². The zero-order valence-electron chi connectivity index (χ0n) is 7.45. The van der Waals surface area contributed by atoms with E-state index in [0.717, 1.165) is 6.42 Å². The molecule has 0 atom stereocenters. The zero-order chi connectivity index (χ0) is 10.5. The minimum absolute atomic E-state index is 0. The van der Waals surface area contributed by atoms with Crippen LogP contribution in [0.4, 0.5) is 0 Å². The molecule has 0 saturated heterocycles. The fourth-order valence-electron chi connectivity index (χ4n) is 0.507. The minimum atomic E-state index is -4.00. The van der Waals surface area contributed by atoms with Crippen molar-refractivity contribution in [3.8, 4) is 0 Å². The summed E-state index contributed by atoms with van der Waals surface area (Å²) in [5.74, 6) is -1.09. The van der Waals surface area contributed by atoms with Gasteiger partial charge in [0.25, 0.3) is 5.91 Å². The van der Waals surface area contributed by atoms with Gasteiger partial charge in [-0.15, -0.1) is 0 Å². The van der Waals surface area contributed by atoms with Crippen LogP contribution in [0.15, 0.2) is 11.5 Å². The van der Waals surface area contributed by atoms with Crippen molar-refractivity contribution in [1.82, 2.24) is 0 Å². The van der Waals surface area contributed by atoms with Crippen molar-refractivity contribution in [3.05, 3.63) is 11.5 Å². The van der Waals surface area contributed by atoms with Gasteiger partial charge in [-0.05, 0) is 6.42 Å². The van der Waals surface area contributed by atoms with Gasteiger partial charge in [-0.25, -0.2) is 0 Å². The summed E-state index contributed by atoms with van der Waals surface area (Å²) in [7, 11) is -4.00. The summed E-state index contributed by atoms with van der Waals surface area (Å²) in [6.45, 7) is 4.95. The molecule has 5 nitrogen and oxygen atoms in total. The van der Waals surface area contributed by atoms with Crippen LogP contribution >= 0.6 is 0 Å². The number of rotatable bonds is 6. The van der Waals surface area contributed by atoms with Gasteiger partial charge in [0.2, 0.25) is 0 Å². The van der Waals surface area contributed by atoms with E-state index in [9.17, 15) is 13.2 Å². The molecule has 0 aromatic heterocycles. The van der Waals surface area contributed by atoms with E-state index in [2.05, 4.69) is 10.8 Å². The van der Waals surface area contributed by atoms with Gasteiger partial charge in [0.05, 0.1) is 6.61 Å². The van der Waals surface area contributed by atoms with E-state index in [0.29, 0.717) is 6.42 Å². The molecule has 0 spiro atoms. The molecule has 1 amide bonds. The van der Waals surface area contributed by atoms with E-state index in [4.69, 9.17) is 5.73 Å². The van der Waals surface area contributed by atoms with Crippen molar-refractivity contribution in [2.24, 2.45) is 5.73 Å². The van der Waals surface area contributed by atoms with Crippen molar-refractivity contribution < 1.29 is 17.4 Å². The van der Waals surface area contributed by atoms with E-state index in [-0.39, 0.29) is 36.2 Å². The zero-order valence-corrected chi connectivity index (χ0v) is 8.26. The van der Waals surface area contributed by atoms with E-state index in [1.54, 1.807) is 0 Å². The summed E-state index contributed by atoms with van der Waals surface area (Å²) >= 11 is 0. The summed E-state index contributed by atoms with van der Waals surface area (Å²) in [6.07, 6.45) is 1.41. The quantitative estimate of drug-likeness (QED) is 0.288. The molecule has 0 rings (SSSR count). The fourth-order valence-corrected chi connectivity index (χ4v) is 1.23. The molecule has 78 valence electrons. The Morgan fingerprint density at radius 2 is 2.00 bits per heavy atom. The van der Waals surface area contributed by atoms with Crippen molar-refractivity contribution in [2.45, 2.75) is 19.8 Å². The molecular formula is C7H14NNaO4S. The van der Waals surface area contributed by atoms with E-state index >= 15 is 0 Å². The second kappa shape index (κ2) is 7.42. The molecule has 0 heterocycles. The molecule has 2 N–H and O–H groups in total. The number of hydrogen-bond acceptors (Lipinski definition) is 4. The van der Waals surface area contributed by atoms with Crippen LogP contribution in [0, 0.1) is 0 Å². The van der Waals surface area contributed by atoms with Crippen molar-refractivity contribution in [1.29, 1.82) is 0 Å². The van der Waals surface area contributed by atoms with Crippen LogP contribution in [-0.2, 0) is 19.1 Å². The number of carbonyl (C=O) groups excluding carboxylic acids is 1. The first-order valence-corrected chi connectivity index (χ1v) is 5.20. The third-order valence-electron chi connectivity index (χ3n) is 1.31. The molecule has 0 aromatic rings. The summed E-state index contributed by atoms with van der Waals surface area (Å²) in [6, 6.07) is 0. The summed E-state index contributed by atoms with van der Waals surface area (Å²) < 4.78 is 26.5. The standard InChI is InChI=1S/C7H13NO4S.Na.H/c1-3-4-5-12-13(10,11)6(2)7(8)9;;/h2-5H2,1H3,(H2,8,9);;. The van der Waals surface area contributed by atoms with Gasteiger partial charge in [0.1, 0.15) is 0 Å². The fraction of sp³-hybridized carbons (Fsp3) is 0.571. The Bertz CT molecular complexity index is 299. The molecule has 0 aromatic carbocycles. The average Bonchev–Trinajstić information content (AvgIpc) is 2.03. The second-order valence-electron chi connectivity index (χ2n) is 2.42. The first-order chi connectivity index (χ1) is 5.91. The Morgan fingerprint density at radius 3 is 2.36 bits per heavy atom. The Balaban J connectivity index is 0. The van der Waals surface area contributed by atoms with Gasteiger partial charge in [0.15, 0.2) is 4.91 Å². The molecule has 0 radical (unpaired) electrons. The molecule has 0 unspecified atom stereocenters. The number of carbonyl (C=O) groups is 1. The van der Waals surface area contributed by atoms with Crippen LogP contribution in [0.25, 0.3) is 0 Å². The number of unbranched alkanes of at least 4 members (excludes halogenated alkanes) is 1. The number of amides is 1. The first kappa shape index (κ1) is 16.5. The van der Waals surface area contributed by atoms with Gasteiger partial charge in [-0.2, -0.15) is 8.42 Å². The van der Waals surface area contributed by atoms with Crippen LogP contribution in [0.3, 0.4) is 0 Å². The Kier molecular flexibility index (Phi) is 8.77. The normalized spacial score (nSPS) is 10.4. The Labute approximate surface area is 106 Å². The summed E-state index contributed by atoms with van der Waals surface area (Å²) in [5.41, 5.74) is 4.73. The monoisotopic (exact) mass is 231 g/mol. The van der Waals surface area contributed by atoms with E-state index in [1.807, 2.05) is 6.92 Å². The summed E-state index contributed by atoms with van der Waals surface area (Å²) in [4.78, 5) is 9.74.